The fraction of sp³-hybridized carbons (Fsp3) is 0.261. The summed E-state index contributed by atoms with van der Waals surface area (Å²) in [6.07, 6.45) is 1.91. The van der Waals surface area contributed by atoms with Crippen molar-refractivity contribution in [3.63, 3.8) is 0 Å². The van der Waals surface area contributed by atoms with Crippen LogP contribution in [-0.2, 0) is 32.0 Å². The molecule has 0 radical (unpaired) electrons. The van der Waals surface area contributed by atoms with Crippen molar-refractivity contribution in [3.8, 4) is 0 Å². The van der Waals surface area contributed by atoms with Gasteiger partial charge in [-0.1, -0.05) is 42.5 Å². The van der Waals surface area contributed by atoms with E-state index in [-0.39, 0.29) is 12.2 Å². The quantitative estimate of drug-likeness (QED) is 0.594. The van der Waals surface area contributed by atoms with E-state index in [4.69, 9.17) is 9.15 Å². The number of nitrogens with one attached hydrogen (secondary N) is 1. The Morgan fingerprint density at radius 3 is 2.59 bits per heavy atom. The van der Waals surface area contributed by atoms with E-state index in [0.717, 1.165) is 16.5 Å². The molecule has 0 saturated carbocycles. The van der Waals surface area contributed by atoms with E-state index in [1.807, 2.05) is 55.5 Å². The van der Waals surface area contributed by atoms with Crippen LogP contribution in [0.5, 0.6) is 0 Å². The molecule has 1 N–H and O–H groups in total. The average Bonchev–Trinajstić information content (AvgIpc) is 3.08. The number of carbonyl (C=O) groups excluding carboxylic acids is 3. The third-order valence-electron chi connectivity index (χ3n) is 4.62. The van der Waals surface area contributed by atoms with Gasteiger partial charge in [-0.3, -0.25) is 14.4 Å². The lowest BCUT2D eigenvalue weighted by molar-refractivity contribution is -0.148. The molecule has 1 heterocycles. The zero-order chi connectivity index (χ0) is 20.8. The van der Waals surface area contributed by atoms with Crippen LogP contribution in [0, 0.1) is 6.92 Å². The first kappa shape index (κ1) is 20.3. The van der Waals surface area contributed by atoms with Gasteiger partial charge in [-0.15, -0.1) is 0 Å². The second-order valence-electron chi connectivity index (χ2n) is 7.02. The molecule has 1 atom stereocenters. The maximum atomic E-state index is 12.1. The molecule has 150 valence electrons. The van der Waals surface area contributed by atoms with Gasteiger partial charge < -0.3 is 14.5 Å². The number of aryl methyl sites for hydroxylation is 1. The highest BCUT2D eigenvalue weighted by atomic mass is 16.5. The van der Waals surface area contributed by atoms with E-state index in [0.29, 0.717) is 17.6 Å². The summed E-state index contributed by atoms with van der Waals surface area (Å²) in [6.45, 7) is 2.94. The van der Waals surface area contributed by atoms with Crippen LogP contribution in [0.3, 0.4) is 0 Å². The summed E-state index contributed by atoms with van der Waals surface area (Å²) in [4.78, 5) is 36.1. The maximum Gasteiger partial charge on any atom is 0.310 e. The summed E-state index contributed by atoms with van der Waals surface area (Å²) in [5.74, 6) is -1.21. The number of ketones is 1. The molecule has 1 aromatic heterocycles. The summed E-state index contributed by atoms with van der Waals surface area (Å²) in [5, 5.41) is 3.47. The van der Waals surface area contributed by atoms with Crippen molar-refractivity contribution in [2.75, 3.05) is 6.61 Å². The topological polar surface area (TPSA) is 85.6 Å². The van der Waals surface area contributed by atoms with Crippen molar-refractivity contribution in [1.82, 2.24) is 5.32 Å². The third kappa shape index (κ3) is 5.54. The summed E-state index contributed by atoms with van der Waals surface area (Å²) in [7, 11) is 0. The Morgan fingerprint density at radius 2 is 1.86 bits per heavy atom. The summed E-state index contributed by atoms with van der Waals surface area (Å²) in [6, 6.07) is 14.5. The minimum atomic E-state index is -0.662. The zero-order valence-electron chi connectivity index (χ0n) is 16.4. The molecule has 3 aromatic rings. The van der Waals surface area contributed by atoms with Gasteiger partial charge in [0.1, 0.15) is 5.58 Å². The molecule has 1 amide bonds. The number of esters is 1. The lowest BCUT2D eigenvalue weighted by atomic mass is 10.0. The van der Waals surface area contributed by atoms with Crippen molar-refractivity contribution in [3.05, 3.63) is 71.5 Å². The molecule has 0 spiro atoms. The van der Waals surface area contributed by atoms with E-state index in [1.165, 1.54) is 13.2 Å². The van der Waals surface area contributed by atoms with Gasteiger partial charge >= 0.3 is 5.97 Å². The second kappa shape index (κ2) is 9.19. The first-order valence-electron chi connectivity index (χ1n) is 9.38. The lowest BCUT2D eigenvalue weighted by Crippen LogP contribution is -2.43. The zero-order valence-corrected chi connectivity index (χ0v) is 16.4. The molecule has 0 fully saturated rings. The molecule has 1 unspecified atom stereocenters. The van der Waals surface area contributed by atoms with E-state index < -0.39 is 24.5 Å². The first-order chi connectivity index (χ1) is 13.9. The Morgan fingerprint density at radius 1 is 1.10 bits per heavy atom. The van der Waals surface area contributed by atoms with Crippen molar-refractivity contribution in [2.45, 2.75) is 32.7 Å². The molecule has 0 aliphatic rings. The highest BCUT2D eigenvalue weighted by Crippen LogP contribution is 2.22. The molecular weight excluding hydrogens is 370 g/mol. The van der Waals surface area contributed by atoms with Crippen molar-refractivity contribution in [1.29, 1.82) is 0 Å². The normalized spacial score (nSPS) is 11.8. The largest absolute Gasteiger partial charge is 0.464 e. The number of hydrogen-bond donors (Lipinski definition) is 1. The van der Waals surface area contributed by atoms with Gasteiger partial charge in [0, 0.05) is 10.9 Å². The van der Waals surface area contributed by atoms with Gasteiger partial charge in [-0.2, -0.15) is 0 Å². The molecule has 3 rings (SSSR count). The molecule has 0 bridgehead atoms. The number of amides is 1. The Kier molecular flexibility index (Phi) is 6.44. The number of carbonyl (C=O) groups is 3. The standard InChI is InChI=1S/C23H23NO5/c1-15-8-9-19-18(13-28-21(19)10-15)12-23(27)29-14-22(26)24-20(16(2)25)11-17-6-4-3-5-7-17/h3-10,13,20H,11-12,14H2,1-2H3,(H,24,26). The van der Waals surface area contributed by atoms with Crippen LogP contribution in [0.15, 0.2) is 59.2 Å². The van der Waals surface area contributed by atoms with Gasteiger partial charge in [0.15, 0.2) is 12.4 Å². The van der Waals surface area contributed by atoms with Gasteiger partial charge in [-0.25, -0.2) is 0 Å². The van der Waals surface area contributed by atoms with Gasteiger partial charge in [0.2, 0.25) is 0 Å². The number of hydrogen-bond acceptors (Lipinski definition) is 5. The molecule has 2 aromatic carbocycles. The van der Waals surface area contributed by atoms with Crippen LogP contribution in [-0.4, -0.2) is 30.3 Å². The van der Waals surface area contributed by atoms with E-state index in [2.05, 4.69) is 5.32 Å². The Labute approximate surface area is 168 Å². The minimum absolute atomic E-state index is 0.00347. The number of fused-ring (bicyclic) bond motifs is 1. The Bertz CT molecular complexity index is 1020. The molecule has 6 heteroatoms. The Hall–Kier alpha value is -3.41. The fourth-order valence-corrected chi connectivity index (χ4v) is 3.06. The maximum absolute atomic E-state index is 12.1. The number of ether oxygens (including phenoxy) is 1. The predicted molar refractivity (Wildman–Crippen MR) is 108 cm³/mol. The van der Waals surface area contributed by atoms with Gasteiger partial charge in [0.05, 0.1) is 18.7 Å². The van der Waals surface area contributed by atoms with Gasteiger partial charge in [-0.05, 0) is 37.5 Å². The van der Waals surface area contributed by atoms with Crippen LogP contribution in [0.1, 0.15) is 23.6 Å². The van der Waals surface area contributed by atoms with E-state index in [9.17, 15) is 14.4 Å². The van der Waals surface area contributed by atoms with Crippen molar-refractivity contribution in [2.24, 2.45) is 0 Å². The minimum Gasteiger partial charge on any atom is -0.464 e. The van der Waals surface area contributed by atoms with E-state index >= 15 is 0 Å². The predicted octanol–water partition coefficient (Wildman–Crippen LogP) is 3.14. The highest BCUT2D eigenvalue weighted by Gasteiger charge is 2.19. The van der Waals surface area contributed by atoms with E-state index in [1.54, 1.807) is 0 Å². The monoisotopic (exact) mass is 393 g/mol. The smallest absolute Gasteiger partial charge is 0.310 e. The van der Waals surface area contributed by atoms with Crippen LogP contribution >= 0.6 is 0 Å². The van der Waals surface area contributed by atoms with Crippen molar-refractivity contribution >= 4 is 28.6 Å². The van der Waals surface area contributed by atoms with Crippen LogP contribution in [0.25, 0.3) is 11.0 Å². The molecule has 29 heavy (non-hydrogen) atoms. The number of Topliss-reactive ketones (excluding diaryl/α,β-unsaturated/α-hetero) is 1. The number of benzene rings is 2. The third-order valence-corrected chi connectivity index (χ3v) is 4.62. The number of rotatable bonds is 8. The summed E-state index contributed by atoms with van der Waals surface area (Å²) >= 11 is 0. The number of furan rings is 1. The van der Waals surface area contributed by atoms with Crippen molar-refractivity contribution < 1.29 is 23.5 Å². The van der Waals surface area contributed by atoms with Crippen LogP contribution in [0.4, 0.5) is 0 Å². The van der Waals surface area contributed by atoms with Crippen LogP contribution < -0.4 is 5.32 Å². The Balaban J connectivity index is 1.52. The second-order valence-corrected chi connectivity index (χ2v) is 7.02. The van der Waals surface area contributed by atoms with Crippen LogP contribution in [0.2, 0.25) is 0 Å². The SMILES string of the molecule is CC(=O)C(Cc1ccccc1)NC(=O)COC(=O)Cc1coc2cc(C)ccc12. The summed E-state index contributed by atoms with van der Waals surface area (Å²) in [5.41, 5.74) is 3.41. The van der Waals surface area contributed by atoms with Gasteiger partial charge in [0.25, 0.3) is 5.91 Å². The molecule has 0 aliphatic heterocycles. The highest BCUT2D eigenvalue weighted by molar-refractivity contribution is 5.90. The summed E-state index contributed by atoms with van der Waals surface area (Å²) < 4.78 is 10.5. The first-order valence-corrected chi connectivity index (χ1v) is 9.38. The fourth-order valence-electron chi connectivity index (χ4n) is 3.06. The lowest BCUT2D eigenvalue weighted by Gasteiger charge is -2.16. The molecule has 0 saturated heterocycles. The molecular formula is C23H23NO5. The molecule has 6 nitrogen and oxygen atoms in total. The average molecular weight is 393 g/mol. The molecule has 0 aliphatic carbocycles.